The fraction of sp³-hybridized carbons (Fsp3) is 0.588. The fourth-order valence-corrected chi connectivity index (χ4v) is 2.54. The lowest BCUT2D eigenvalue weighted by atomic mass is 9.99. The zero-order valence-corrected chi connectivity index (χ0v) is 13.0. The van der Waals surface area contributed by atoms with Crippen molar-refractivity contribution in [3.63, 3.8) is 0 Å². The third-order valence-corrected chi connectivity index (χ3v) is 3.97. The summed E-state index contributed by atoms with van der Waals surface area (Å²) < 4.78 is 5.29. The van der Waals surface area contributed by atoms with E-state index in [1.165, 1.54) is 5.56 Å². The van der Waals surface area contributed by atoms with E-state index in [-0.39, 0.29) is 11.8 Å². The highest BCUT2D eigenvalue weighted by Crippen LogP contribution is 2.19. The number of nitrogens with one attached hydrogen (secondary N) is 2. The second-order valence-corrected chi connectivity index (χ2v) is 5.67. The summed E-state index contributed by atoms with van der Waals surface area (Å²) in [6.07, 6.45) is 2.77. The van der Waals surface area contributed by atoms with E-state index in [4.69, 9.17) is 4.74 Å². The van der Waals surface area contributed by atoms with Crippen molar-refractivity contribution in [2.75, 3.05) is 25.1 Å². The highest BCUT2D eigenvalue weighted by molar-refractivity contribution is 5.92. The number of amides is 1. The summed E-state index contributed by atoms with van der Waals surface area (Å²) in [6, 6.07) is 8.46. The number of benzene rings is 1. The van der Waals surface area contributed by atoms with Gasteiger partial charge in [-0.2, -0.15) is 0 Å². The molecule has 116 valence electrons. The number of hydrogen-bond acceptors (Lipinski definition) is 3. The minimum atomic E-state index is 0.0866. The molecule has 0 saturated carbocycles. The van der Waals surface area contributed by atoms with Crippen LogP contribution < -0.4 is 10.6 Å². The van der Waals surface area contributed by atoms with Gasteiger partial charge in [-0.25, -0.2) is 0 Å². The van der Waals surface area contributed by atoms with Gasteiger partial charge in [0.2, 0.25) is 5.91 Å². The van der Waals surface area contributed by atoms with Crippen LogP contribution in [0.2, 0.25) is 0 Å². The molecule has 1 fully saturated rings. The van der Waals surface area contributed by atoms with Crippen molar-refractivity contribution in [3.8, 4) is 0 Å². The lowest BCUT2D eigenvalue weighted by Crippen LogP contribution is -2.28. The first-order valence-electron chi connectivity index (χ1n) is 7.92. The Balaban J connectivity index is 1.88. The Hall–Kier alpha value is -1.39. The number of carbonyl (C=O) groups excluding carboxylic acids is 1. The number of rotatable bonds is 6. The van der Waals surface area contributed by atoms with Gasteiger partial charge in [0.25, 0.3) is 0 Å². The van der Waals surface area contributed by atoms with E-state index in [9.17, 15) is 4.79 Å². The molecule has 1 aromatic carbocycles. The van der Waals surface area contributed by atoms with Gasteiger partial charge < -0.3 is 15.4 Å². The van der Waals surface area contributed by atoms with Gasteiger partial charge in [0.1, 0.15) is 0 Å². The fourth-order valence-electron chi connectivity index (χ4n) is 2.54. The van der Waals surface area contributed by atoms with Crippen molar-refractivity contribution in [1.82, 2.24) is 5.32 Å². The van der Waals surface area contributed by atoms with Crippen molar-refractivity contribution in [3.05, 3.63) is 29.8 Å². The van der Waals surface area contributed by atoms with Crippen LogP contribution in [0.15, 0.2) is 24.3 Å². The first-order valence-corrected chi connectivity index (χ1v) is 7.92. The number of hydrogen-bond donors (Lipinski definition) is 2. The van der Waals surface area contributed by atoms with Crippen LogP contribution in [0.1, 0.15) is 44.7 Å². The van der Waals surface area contributed by atoms with Crippen molar-refractivity contribution in [1.29, 1.82) is 0 Å². The summed E-state index contributed by atoms with van der Waals surface area (Å²) in [6.45, 7) is 6.72. The minimum Gasteiger partial charge on any atom is -0.381 e. The van der Waals surface area contributed by atoms with E-state index in [1.807, 2.05) is 12.1 Å². The van der Waals surface area contributed by atoms with Gasteiger partial charge >= 0.3 is 0 Å². The third kappa shape index (κ3) is 4.83. The summed E-state index contributed by atoms with van der Waals surface area (Å²) in [5, 5.41) is 6.47. The Morgan fingerprint density at radius 3 is 2.57 bits per heavy atom. The third-order valence-electron chi connectivity index (χ3n) is 3.97. The molecule has 2 N–H and O–H groups in total. The number of carbonyl (C=O) groups is 1. The molecule has 0 spiro atoms. The molecular formula is C17H26N2O2. The number of anilines is 1. The highest BCUT2D eigenvalue weighted by Gasteiger charge is 2.21. The van der Waals surface area contributed by atoms with Gasteiger partial charge in [0.15, 0.2) is 0 Å². The minimum absolute atomic E-state index is 0.0866. The van der Waals surface area contributed by atoms with Gasteiger partial charge in [-0.1, -0.05) is 19.1 Å². The molecule has 1 aliphatic rings. The van der Waals surface area contributed by atoms with Gasteiger partial charge in [-0.05, 0) is 50.4 Å². The standard InChI is InChI=1S/C17H26N2O2/c1-3-10-18-13(2)14-4-6-16(7-5-14)19-17(20)15-8-11-21-12-9-15/h4-7,13,15,18H,3,8-12H2,1-2H3,(H,19,20). The monoisotopic (exact) mass is 290 g/mol. The number of ether oxygens (including phenoxy) is 1. The first kappa shape index (κ1) is 16.0. The Morgan fingerprint density at radius 1 is 1.29 bits per heavy atom. The Morgan fingerprint density at radius 2 is 1.95 bits per heavy atom. The molecular weight excluding hydrogens is 264 g/mol. The molecule has 0 radical (unpaired) electrons. The van der Waals surface area contributed by atoms with Crippen LogP contribution in [0.25, 0.3) is 0 Å². The molecule has 1 saturated heterocycles. The lowest BCUT2D eigenvalue weighted by molar-refractivity contribution is -0.122. The van der Waals surface area contributed by atoms with Crippen LogP contribution in [0.5, 0.6) is 0 Å². The molecule has 2 rings (SSSR count). The maximum Gasteiger partial charge on any atom is 0.227 e. The smallest absolute Gasteiger partial charge is 0.227 e. The molecule has 21 heavy (non-hydrogen) atoms. The Bertz CT molecular complexity index is 439. The molecule has 1 amide bonds. The summed E-state index contributed by atoms with van der Waals surface area (Å²) in [7, 11) is 0. The van der Waals surface area contributed by atoms with Gasteiger partial charge in [0.05, 0.1) is 0 Å². The van der Waals surface area contributed by atoms with E-state index in [0.717, 1.165) is 31.5 Å². The summed E-state index contributed by atoms with van der Waals surface area (Å²) in [4.78, 5) is 12.1. The van der Waals surface area contributed by atoms with Crippen LogP contribution in [-0.2, 0) is 9.53 Å². The van der Waals surface area contributed by atoms with Crippen LogP contribution in [0, 0.1) is 5.92 Å². The van der Waals surface area contributed by atoms with Crippen LogP contribution in [0.3, 0.4) is 0 Å². The average Bonchev–Trinajstić information content (AvgIpc) is 2.54. The van der Waals surface area contributed by atoms with Crippen molar-refractivity contribution < 1.29 is 9.53 Å². The first-order chi connectivity index (χ1) is 10.2. The van der Waals surface area contributed by atoms with E-state index in [1.54, 1.807) is 0 Å². The quantitative estimate of drug-likeness (QED) is 0.846. The molecule has 1 aliphatic heterocycles. The zero-order valence-electron chi connectivity index (χ0n) is 13.0. The Labute approximate surface area is 127 Å². The lowest BCUT2D eigenvalue weighted by Gasteiger charge is -2.21. The Kier molecular flexibility index (Phi) is 6.21. The normalized spacial score (nSPS) is 17.4. The average molecular weight is 290 g/mol. The van der Waals surface area contributed by atoms with Crippen molar-refractivity contribution >= 4 is 11.6 Å². The van der Waals surface area contributed by atoms with Crippen LogP contribution >= 0.6 is 0 Å². The molecule has 0 aromatic heterocycles. The topological polar surface area (TPSA) is 50.4 Å². The predicted octanol–water partition coefficient (Wildman–Crippen LogP) is 3.11. The molecule has 1 unspecified atom stereocenters. The van der Waals surface area contributed by atoms with Crippen LogP contribution in [0.4, 0.5) is 5.69 Å². The maximum absolute atomic E-state index is 12.1. The summed E-state index contributed by atoms with van der Waals surface area (Å²) in [5.74, 6) is 0.201. The zero-order chi connectivity index (χ0) is 15.1. The van der Waals surface area contributed by atoms with E-state index in [0.29, 0.717) is 19.3 Å². The van der Waals surface area contributed by atoms with Gasteiger partial charge in [-0.15, -0.1) is 0 Å². The second-order valence-electron chi connectivity index (χ2n) is 5.67. The van der Waals surface area contributed by atoms with Gasteiger partial charge in [-0.3, -0.25) is 4.79 Å². The summed E-state index contributed by atoms with van der Waals surface area (Å²) in [5.41, 5.74) is 2.12. The van der Waals surface area contributed by atoms with E-state index < -0.39 is 0 Å². The molecule has 1 heterocycles. The second kappa shape index (κ2) is 8.15. The largest absolute Gasteiger partial charge is 0.381 e. The maximum atomic E-state index is 12.1. The predicted molar refractivity (Wildman–Crippen MR) is 85.3 cm³/mol. The van der Waals surface area contributed by atoms with Crippen molar-refractivity contribution in [2.45, 2.75) is 39.2 Å². The molecule has 4 heteroatoms. The van der Waals surface area contributed by atoms with Gasteiger partial charge in [0, 0.05) is 30.9 Å². The SMILES string of the molecule is CCCNC(C)c1ccc(NC(=O)C2CCOCC2)cc1. The molecule has 1 aromatic rings. The molecule has 0 bridgehead atoms. The van der Waals surface area contributed by atoms with Crippen LogP contribution in [-0.4, -0.2) is 25.7 Å². The molecule has 0 aliphatic carbocycles. The summed E-state index contributed by atoms with van der Waals surface area (Å²) >= 11 is 0. The molecule has 1 atom stereocenters. The van der Waals surface area contributed by atoms with Crippen molar-refractivity contribution in [2.24, 2.45) is 5.92 Å². The van der Waals surface area contributed by atoms with E-state index in [2.05, 4.69) is 36.6 Å². The molecule has 4 nitrogen and oxygen atoms in total. The van der Waals surface area contributed by atoms with E-state index >= 15 is 0 Å². The highest BCUT2D eigenvalue weighted by atomic mass is 16.5.